The van der Waals surface area contributed by atoms with E-state index in [2.05, 4.69) is 17.1 Å². The van der Waals surface area contributed by atoms with Crippen LogP contribution in [0, 0.1) is 0 Å². The average Bonchev–Trinajstić information content (AvgIpc) is 3.14. The Labute approximate surface area is 170 Å². The van der Waals surface area contributed by atoms with Crippen LogP contribution in [0.15, 0.2) is 59.0 Å². The number of hydrogen-bond acceptors (Lipinski definition) is 5. The van der Waals surface area contributed by atoms with Gasteiger partial charge in [-0.2, -0.15) is 0 Å². The summed E-state index contributed by atoms with van der Waals surface area (Å²) in [7, 11) is 0. The van der Waals surface area contributed by atoms with E-state index in [1.54, 1.807) is 0 Å². The van der Waals surface area contributed by atoms with Crippen LogP contribution >= 0.6 is 0 Å². The summed E-state index contributed by atoms with van der Waals surface area (Å²) in [6, 6.07) is 17.7. The number of ether oxygens (including phenoxy) is 1. The number of amides is 1. The van der Waals surface area contributed by atoms with E-state index in [4.69, 9.17) is 14.9 Å². The first-order valence-electron chi connectivity index (χ1n) is 9.92. The third-order valence-corrected chi connectivity index (χ3v) is 4.96. The minimum Gasteiger partial charge on any atom is -0.492 e. The van der Waals surface area contributed by atoms with Crippen molar-refractivity contribution in [2.45, 2.75) is 25.8 Å². The number of aromatic nitrogens is 1. The lowest BCUT2D eigenvalue weighted by atomic mass is 10.1. The quantitative estimate of drug-likeness (QED) is 0.670. The van der Waals surface area contributed by atoms with E-state index in [1.807, 2.05) is 47.4 Å². The second-order valence-electron chi connectivity index (χ2n) is 7.17. The number of hydrogen-bond donors (Lipinski definition) is 1. The molecule has 4 rings (SSSR count). The largest absolute Gasteiger partial charge is 0.492 e. The maximum Gasteiger partial charge on any atom is 0.227 e. The van der Waals surface area contributed by atoms with Gasteiger partial charge in [-0.3, -0.25) is 4.79 Å². The normalized spacial score (nSPS) is 13.2. The van der Waals surface area contributed by atoms with Gasteiger partial charge in [0.15, 0.2) is 5.89 Å². The van der Waals surface area contributed by atoms with Gasteiger partial charge in [-0.15, -0.1) is 0 Å². The molecule has 2 heterocycles. The van der Waals surface area contributed by atoms with Crippen molar-refractivity contribution in [3.63, 3.8) is 0 Å². The number of carbonyl (C=O) groups is 1. The summed E-state index contributed by atoms with van der Waals surface area (Å²) in [5.41, 5.74) is 8.44. The number of benzene rings is 2. The number of carbonyl (C=O) groups excluding carboxylic acids is 1. The number of rotatable bonds is 7. The predicted octanol–water partition coefficient (Wildman–Crippen LogP) is 2.73. The van der Waals surface area contributed by atoms with E-state index < -0.39 is 0 Å². The van der Waals surface area contributed by atoms with Gasteiger partial charge >= 0.3 is 0 Å². The van der Waals surface area contributed by atoms with Crippen molar-refractivity contribution in [1.29, 1.82) is 0 Å². The van der Waals surface area contributed by atoms with E-state index in [0.29, 0.717) is 51.4 Å². The smallest absolute Gasteiger partial charge is 0.227 e. The maximum absolute atomic E-state index is 12.8. The van der Waals surface area contributed by atoms with Crippen molar-refractivity contribution in [2.75, 3.05) is 19.7 Å². The lowest BCUT2D eigenvalue weighted by Crippen LogP contribution is -2.36. The molecule has 1 amide bonds. The van der Waals surface area contributed by atoms with E-state index in [0.717, 1.165) is 28.3 Å². The minimum absolute atomic E-state index is 0.0826. The van der Waals surface area contributed by atoms with Gasteiger partial charge in [0.25, 0.3) is 0 Å². The summed E-state index contributed by atoms with van der Waals surface area (Å²) >= 11 is 0. The molecular formula is C23H25N3O3. The zero-order valence-electron chi connectivity index (χ0n) is 16.3. The molecule has 2 aromatic carbocycles. The fourth-order valence-electron chi connectivity index (χ4n) is 3.52. The fourth-order valence-corrected chi connectivity index (χ4v) is 3.52. The molecule has 1 aliphatic rings. The van der Waals surface area contributed by atoms with Gasteiger partial charge in [0.1, 0.15) is 23.8 Å². The molecule has 0 saturated heterocycles. The Kier molecular flexibility index (Phi) is 5.91. The summed E-state index contributed by atoms with van der Waals surface area (Å²) in [5, 5.41) is 0. The van der Waals surface area contributed by atoms with Crippen LogP contribution in [0.5, 0.6) is 5.75 Å². The Bertz CT molecular complexity index is 969. The number of nitrogens with two attached hydrogens (primary N) is 1. The summed E-state index contributed by atoms with van der Waals surface area (Å²) in [4.78, 5) is 19.3. The monoisotopic (exact) mass is 391 g/mol. The molecule has 0 fully saturated rings. The van der Waals surface area contributed by atoms with Crippen LogP contribution in [-0.2, 0) is 30.6 Å². The second-order valence-corrected chi connectivity index (χ2v) is 7.17. The molecule has 0 bridgehead atoms. The fraction of sp³-hybridized carbons (Fsp3) is 0.304. The molecule has 150 valence electrons. The molecule has 0 aliphatic carbocycles. The van der Waals surface area contributed by atoms with Gasteiger partial charge in [0, 0.05) is 25.9 Å². The first kappa shape index (κ1) is 19.2. The third kappa shape index (κ3) is 4.84. The Morgan fingerprint density at radius 3 is 2.79 bits per heavy atom. The molecule has 0 saturated carbocycles. The van der Waals surface area contributed by atoms with Crippen LogP contribution in [0.1, 0.15) is 28.5 Å². The SMILES string of the molecule is NCCOc1cccc(CC(=O)N2CCc3oc(Cc4ccccc4)nc3C2)c1. The highest BCUT2D eigenvalue weighted by Gasteiger charge is 2.25. The van der Waals surface area contributed by atoms with Crippen molar-refractivity contribution in [2.24, 2.45) is 5.73 Å². The van der Waals surface area contributed by atoms with E-state index in [9.17, 15) is 4.79 Å². The van der Waals surface area contributed by atoms with Crippen molar-refractivity contribution < 1.29 is 13.9 Å². The highest BCUT2D eigenvalue weighted by molar-refractivity contribution is 5.79. The lowest BCUT2D eigenvalue weighted by Gasteiger charge is -2.25. The second kappa shape index (κ2) is 8.92. The predicted molar refractivity (Wildman–Crippen MR) is 110 cm³/mol. The van der Waals surface area contributed by atoms with Crippen molar-refractivity contribution >= 4 is 5.91 Å². The maximum atomic E-state index is 12.8. The molecule has 0 unspecified atom stereocenters. The summed E-state index contributed by atoms with van der Waals surface area (Å²) in [5.74, 6) is 2.43. The Morgan fingerprint density at radius 1 is 1.14 bits per heavy atom. The molecule has 1 aliphatic heterocycles. The number of fused-ring (bicyclic) bond motifs is 1. The summed E-state index contributed by atoms with van der Waals surface area (Å²) in [6.45, 7) is 2.07. The molecule has 0 radical (unpaired) electrons. The summed E-state index contributed by atoms with van der Waals surface area (Å²) in [6.07, 6.45) is 1.70. The van der Waals surface area contributed by atoms with Crippen molar-refractivity contribution in [3.05, 3.63) is 83.1 Å². The highest BCUT2D eigenvalue weighted by Crippen LogP contribution is 2.22. The number of nitrogens with zero attached hydrogens (tertiary/aromatic N) is 2. The Morgan fingerprint density at radius 2 is 1.97 bits per heavy atom. The van der Waals surface area contributed by atoms with Crippen LogP contribution in [0.4, 0.5) is 0 Å². The van der Waals surface area contributed by atoms with Crippen LogP contribution in [0.25, 0.3) is 0 Å². The number of oxazole rings is 1. The van der Waals surface area contributed by atoms with Crippen LogP contribution < -0.4 is 10.5 Å². The lowest BCUT2D eigenvalue weighted by molar-refractivity contribution is -0.131. The zero-order valence-corrected chi connectivity index (χ0v) is 16.3. The minimum atomic E-state index is 0.0826. The third-order valence-electron chi connectivity index (χ3n) is 4.96. The van der Waals surface area contributed by atoms with Crippen LogP contribution in [0.3, 0.4) is 0 Å². The topological polar surface area (TPSA) is 81.6 Å². The van der Waals surface area contributed by atoms with Gasteiger partial charge < -0.3 is 19.8 Å². The molecule has 29 heavy (non-hydrogen) atoms. The molecule has 1 aromatic heterocycles. The van der Waals surface area contributed by atoms with Gasteiger partial charge in [-0.25, -0.2) is 4.98 Å². The van der Waals surface area contributed by atoms with Gasteiger partial charge in [0.05, 0.1) is 13.0 Å². The first-order chi connectivity index (χ1) is 14.2. The highest BCUT2D eigenvalue weighted by atomic mass is 16.5. The van der Waals surface area contributed by atoms with E-state index >= 15 is 0 Å². The van der Waals surface area contributed by atoms with Crippen molar-refractivity contribution in [3.8, 4) is 5.75 Å². The van der Waals surface area contributed by atoms with Gasteiger partial charge in [0.2, 0.25) is 5.91 Å². The molecule has 3 aromatic rings. The van der Waals surface area contributed by atoms with E-state index in [1.165, 1.54) is 0 Å². The molecule has 0 spiro atoms. The molecule has 6 nitrogen and oxygen atoms in total. The van der Waals surface area contributed by atoms with Gasteiger partial charge in [-0.1, -0.05) is 42.5 Å². The van der Waals surface area contributed by atoms with Crippen LogP contribution in [-0.4, -0.2) is 35.5 Å². The zero-order chi connectivity index (χ0) is 20.1. The van der Waals surface area contributed by atoms with Crippen molar-refractivity contribution in [1.82, 2.24) is 9.88 Å². The summed E-state index contributed by atoms with van der Waals surface area (Å²) < 4.78 is 11.5. The molecule has 2 N–H and O–H groups in total. The molecular weight excluding hydrogens is 366 g/mol. The first-order valence-corrected chi connectivity index (χ1v) is 9.92. The standard InChI is InChI=1S/C23H25N3O3/c24-10-12-28-19-8-4-7-18(13-19)15-23(27)26-11-9-21-20(16-26)25-22(29-21)14-17-5-2-1-3-6-17/h1-8,13H,9-12,14-16,24H2. The van der Waals surface area contributed by atoms with E-state index in [-0.39, 0.29) is 5.91 Å². The average molecular weight is 391 g/mol. The molecule has 6 heteroatoms. The van der Waals surface area contributed by atoms with Crippen LogP contribution in [0.2, 0.25) is 0 Å². The Hall–Kier alpha value is -3.12. The Balaban J connectivity index is 1.38. The van der Waals surface area contributed by atoms with Gasteiger partial charge in [-0.05, 0) is 23.3 Å². The molecule has 0 atom stereocenters.